The molecule has 7 nitrogen and oxygen atoms in total. The third kappa shape index (κ3) is 4.20. The molecule has 0 aliphatic carbocycles. The molecule has 0 bridgehead atoms. The van der Waals surface area contributed by atoms with Gasteiger partial charge >= 0.3 is 0 Å². The number of benzene rings is 3. The lowest BCUT2D eigenvalue weighted by Gasteiger charge is -2.19. The molecule has 1 heterocycles. The van der Waals surface area contributed by atoms with Crippen molar-refractivity contribution in [1.82, 2.24) is 0 Å². The molecule has 0 spiro atoms. The average Bonchev–Trinajstić information content (AvgIpc) is 3.08. The van der Waals surface area contributed by atoms with Gasteiger partial charge in [-0.1, -0.05) is 18.2 Å². The molecule has 1 aliphatic heterocycles. The van der Waals surface area contributed by atoms with Gasteiger partial charge in [0.15, 0.2) is 0 Å². The van der Waals surface area contributed by atoms with E-state index in [9.17, 15) is 9.59 Å². The third-order valence-corrected chi connectivity index (χ3v) is 5.69. The quantitative estimate of drug-likeness (QED) is 0.528. The topological polar surface area (TPSA) is 71.1 Å². The molecule has 0 saturated carbocycles. The van der Waals surface area contributed by atoms with Crippen LogP contribution in [-0.4, -0.2) is 40.1 Å². The van der Waals surface area contributed by atoms with Gasteiger partial charge in [0, 0.05) is 25.5 Å². The van der Waals surface area contributed by atoms with E-state index in [0.29, 0.717) is 28.4 Å². The largest absolute Gasteiger partial charge is 0.497 e. The summed E-state index contributed by atoms with van der Waals surface area (Å²) in [5, 5.41) is 3.19. The summed E-state index contributed by atoms with van der Waals surface area (Å²) in [6, 6.07) is 20.1. The van der Waals surface area contributed by atoms with Crippen molar-refractivity contribution in [1.29, 1.82) is 0 Å². The van der Waals surface area contributed by atoms with Crippen molar-refractivity contribution in [3.8, 4) is 11.5 Å². The molecular weight excluding hydrogens is 430 g/mol. The lowest BCUT2D eigenvalue weighted by Crippen LogP contribution is -2.32. The SMILES string of the molecule is COc1ccc(C2=C(Nc3ccc(N(C)C)cc3)C(=O)N(c3cc(C)ccc3OC)C2=O)cc1. The number of carbonyl (C=O) groups excluding carboxylic acids is 2. The lowest BCUT2D eigenvalue weighted by molar-refractivity contribution is -0.120. The zero-order valence-electron chi connectivity index (χ0n) is 19.9. The fourth-order valence-corrected chi connectivity index (χ4v) is 3.85. The van der Waals surface area contributed by atoms with Crippen LogP contribution in [0.5, 0.6) is 11.5 Å². The Morgan fingerprint density at radius 3 is 2.09 bits per heavy atom. The van der Waals surface area contributed by atoms with Crippen LogP contribution < -0.4 is 24.6 Å². The molecule has 0 atom stereocenters. The fraction of sp³-hybridized carbons (Fsp3) is 0.185. The molecule has 7 heteroatoms. The maximum atomic E-state index is 13.7. The zero-order chi connectivity index (χ0) is 24.4. The van der Waals surface area contributed by atoms with Gasteiger partial charge in [0.2, 0.25) is 0 Å². The summed E-state index contributed by atoms with van der Waals surface area (Å²) in [6.45, 7) is 1.90. The first kappa shape index (κ1) is 22.9. The Kier molecular flexibility index (Phi) is 6.27. The summed E-state index contributed by atoms with van der Waals surface area (Å²) >= 11 is 0. The van der Waals surface area contributed by atoms with Gasteiger partial charge in [0.05, 0.1) is 25.5 Å². The van der Waals surface area contributed by atoms with Crippen LogP contribution in [0, 0.1) is 6.92 Å². The minimum atomic E-state index is -0.448. The highest BCUT2D eigenvalue weighted by atomic mass is 16.5. The highest BCUT2D eigenvalue weighted by Crippen LogP contribution is 2.38. The fourth-order valence-electron chi connectivity index (χ4n) is 3.85. The molecule has 3 aromatic rings. The lowest BCUT2D eigenvalue weighted by atomic mass is 10.0. The van der Waals surface area contributed by atoms with E-state index in [1.165, 1.54) is 12.0 Å². The summed E-state index contributed by atoms with van der Waals surface area (Å²) in [4.78, 5) is 30.5. The van der Waals surface area contributed by atoms with Crippen LogP contribution in [0.3, 0.4) is 0 Å². The van der Waals surface area contributed by atoms with Gasteiger partial charge in [-0.05, 0) is 66.6 Å². The Morgan fingerprint density at radius 1 is 0.824 bits per heavy atom. The molecule has 0 fully saturated rings. The van der Waals surface area contributed by atoms with Crippen molar-refractivity contribution in [2.45, 2.75) is 6.92 Å². The maximum absolute atomic E-state index is 13.7. The molecule has 1 N–H and O–H groups in total. The molecule has 174 valence electrons. The number of methoxy groups -OCH3 is 2. The Labute approximate surface area is 199 Å². The van der Waals surface area contributed by atoms with Crippen molar-refractivity contribution in [2.75, 3.05) is 43.4 Å². The standard InChI is InChI=1S/C27H27N3O4/c1-17-6-15-23(34-5)22(16-17)30-26(31)24(18-7-13-21(33-4)14-8-18)25(27(30)32)28-19-9-11-20(12-10-19)29(2)3/h6-16,28H,1-5H3. The van der Waals surface area contributed by atoms with Crippen LogP contribution >= 0.6 is 0 Å². The van der Waals surface area contributed by atoms with Crippen molar-refractivity contribution in [3.05, 3.63) is 83.6 Å². The van der Waals surface area contributed by atoms with E-state index in [1.807, 2.05) is 56.3 Å². The molecule has 3 aromatic carbocycles. The highest BCUT2D eigenvalue weighted by Gasteiger charge is 2.41. The van der Waals surface area contributed by atoms with E-state index in [0.717, 1.165) is 11.3 Å². The molecular formula is C27H27N3O4. The van der Waals surface area contributed by atoms with Crippen molar-refractivity contribution >= 4 is 34.4 Å². The number of carbonyl (C=O) groups is 2. The van der Waals surface area contributed by atoms with Gasteiger partial charge < -0.3 is 19.7 Å². The Morgan fingerprint density at radius 2 is 1.50 bits per heavy atom. The molecule has 2 amide bonds. The molecule has 34 heavy (non-hydrogen) atoms. The zero-order valence-corrected chi connectivity index (χ0v) is 19.9. The maximum Gasteiger partial charge on any atom is 0.282 e. The Balaban J connectivity index is 1.81. The van der Waals surface area contributed by atoms with Crippen LogP contribution in [0.2, 0.25) is 0 Å². The molecule has 4 rings (SSSR count). The van der Waals surface area contributed by atoms with Crippen LogP contribution in [0.1, 0.15) is 11.1 Å². The van der Waals surface area contributed by atoms with E-state index in [1.54, 1.807) is 43.5 Å². The average molecular weight is 458 g/mol. The van der Waals surface area contributed by atoms with E-state index < -0.39 is 11.8 Å². The minimum Gasteiger partial charge on any atom is -0.497 e. The normalized spacial score (nSPS) is 13.4. The third-order valence-electron chi connectivity index (χ3n) is 5.69. The van der Waals surface area contributed by atoms with Crippen molar-refractivity contribution < 1.29 is 19.1 Å². The Hall–Kier alpha value is -4.26. The van der Waals surface area contributed by atoms with E-state index in [2.05, 4.69) is 5.32 Å². The second kappa shape index (κ2) is 9.31. The van der Waals surface area contributed by atoms with Crippen LogP contribution in [-0.2, 0) is 9.59 Å². The first-order chi connectivity index (χ1) is 16.3. The molecule has 0 radical (unpaired) electrons. The first-order valence-corrected chi connectivity index (χ1v) is 10.8. The monoisotopic (exact) mass is 457 g/mol. The predicted molar refractivity (Wildman–Crippen MR) is 135 cm³/mol. The van der Waals surface area contributed by atoms with Gasteiger partial charge in [-0.3, -0.25) is 9.59 Å². The van der Waals surface area contributed by atoms with Crippen LogP contribution in [0.15, 0.2) is 72.4 Å². The van der Waals surface area contributed by atoms with Gasteiger partial charge in [0.25, 0.3) is 11.8 Å². The van der Waals surface area contributed by atoms with Gasteiger partial charge in [-0.25, -0.2) is 4.90 Å². The molecule has 0 aromatic heterocycles. The molecule has 1 aliphatic rings. The van der Waals surface area contributed by atoms with Gasteiger partial charge in [-0.2, -0.15) is 0 Å². The smallest absolute Gasteiger partial charge is 0.282 e. The van der Waals surface area contributed by atoms with Crippen molar-refractivity contribution in [2.24, 2.45) is 0 Å². The number of nitrogens with zero attached hydrogens (tertiary/aromatic N) is 2. The number of aryl methyl sites for hydroxylation is 1. The van der Waals surface area contributed by atoms with Crippen molar-refractivity contribution in [3.63, 3.8) is 0 Å². The second-order valence-corrected chi connectivity index (χ2v) is 8.17. The highest BCUT2D eigenvalue weighted by molar-refractivity contribution is 6.46. The summed E-state index contributed by atoms with van der Waals surface area (Å²) in [6.07, 6.45) is 0. The molecule has 0 saturated heterocycles. The molecule has 0 unspecified atom stereocenters. The second-order valence-electron chi connectivity index (χ2n) is 8.17. The number of amides is 2. The number of rotatable bonds is 7. The summed E-state index contributed by atoms with van der Waals surface area (Å²) in [5.41, 5.74) is 4.14. The summed E-state index contributed by atoms with van der Waals surface area (Å²) in [5.74, 6) is 0.230. The number of hydrogen-bond acceptors (Lipinski definition) is 6. The first-order valence-electron chi connectivity index (χ1n) is 10.8. The number of imide groups is 1. The Bertz CT molecular complexity index is 1260. The van der Waals surface area contributed by atoms with Gasteiger partial charge in [0.1, 0.15) is 17.2 Å². The van der Waals surface area contributed by atoms with E-state index in [-0.39, 0.29) is 11.3 Å². The number of hydrogen-bond donors (Lipinski definition) is 1. The predicted octanol–water partition coefficient (Wildman–Crippen LogP) is 4.47. The summed E-state index contributed by atoms with van der Waals surface area (Å²) in [7, 11) is 7.01. The van der Waals surface area contributed by atoms with Crippen LogP contribution in [0.25, 0.3) is 5.57 Å². The minimum absolute atomic E-state index is 0.205. The van der Waals surface area contributed by atoms with Gasteiger partial charge in [-0.15, -0.1) is 0 Å². The number of nitrogens with one attached hydrogen (secondary N) is 1. The van der Waals surface area contributed by atoms with E-state index >= 15 is 0 Å². The number of ether oxygens (including phenoxy) is 2. The van der Waals surface area contributed by atoms with E-state index in [4.69, 9.17) is 9.47 Å². The summed E-state index contributed by atoms with van der Waals surface area (Å²) < 4.78 is 10.7. The number of anilines is 3. The van der Waals surface area contributed by atoms with Crippen LogP contribution in [0.4, 0.5) is 17.1 Å².